The highest BCUT2D eigenvalue weighted by Gasteiger charge is 2.13. The Morgan fingerprint density at radius 3 is 2.33 bits per heavy atom. The number of hydrogen-bond acceptors (Lipinski definition) is 2. The number of benzene rings is 1. The summed E-state index contributed by atoms with van der Waals surface area (Å²) in [6, 6.07) is 8.35. The van der Waals surface area contributed by atoms with Gasteiger partial charge in [0.2, 0.25) is 0 Å². The van der Waals surface area contributed by atoms with Crippen LogP contribution in [-0.2, 0) is 4.79 Å². The molecule has 1 saturated carbocycles. The SMILES string of the molecule is CN(C)c1ccc(/C=C2/CCCCCC2=O)cc1. The molecule has 0 unspecified atom stereocenters. The molecule has 1 aliphatic carbocycles. The van der Waals surface area contributed by atoms with Gasteiger partial charge in [0.1, 0.15) is 0 Å². The van der Waals surface area contributed by atoms with Crippen molar-refractivity contribution in [1.82, 2.24) is 0 Å². The average Bonchev–Trinajstić information content (AvgIpc) is 2.56. The highest BCUT2D eigenvalue weighted by atomic mass is 16.1. The van der Waals surface area contributed by atoms with Gasteiger partial charge in [0.05, 0.1) is 0 Å². The summed E-state index contributed by atoms with van der Waals surface area (Å²) in [6.45, 7) is 0. The minimum Gasteiger partial charge on any atom is -0.378 e. The number of rotatable bonds is 2. The van der Waals surface area contributed by atoms with E-state index < -0.39 is 0 Å². The summed E-state index contributed by atoms with van der Waals surface area (Å²) in [5.41, 5.74) is 3.32. The molecule has 0 amide bonds. The highest BCUT2D eigenvalue weighted by Crippen LogP contribution is 2.22. The fourth-order valence-corrected chi connectivity index (χ4v) is 2.30. The Kier molecular flexibility index (Phi) is 4.19. The summed E-state index contributed by atoms with van der Waals surface area (Å²) in [5, 5.41) is 0. The van der Waals surface area contributed by atoms with Gasteiger partial charge in [-0.2, -0.15) is 0 Å². The van der Waals surface area contributed by atoms with Gasteiger partial charge in [-0.25, -0.2) is 0 Å². The lowest BCUT2D eigenvalue weighted by atomic mass is 10.0. The van der Waals surface area contributed by atoms with Gasteiger partial charge in [-0.05, 0) is 48.6 Å². The Hall–Kier alpha value is -1.57. The molecule has 0 bridgehead atoms. The monoisotopic (exact) mass is 243 g/mol. The van der Waals surface area contributed by atoms with Crippen molar-refractivity contribution in [2.45, 2.75) is 32.1 Å². The molecule has 96 valence electrons. The Morgan fingerprint density at radius 1 is 1.00 bits per heavy atom. The molecule has 2 rings (SSSR count). The second kappa shape index (κ2) is 5.85. The molecule has 0 saturated heterocycles. The van der Waals surface area contributed by atoms with E-state index in [2.05, 4.69) is 35.2 Å². The van der Waals surface area contributed by atoms with Crippen LogP contribution in [0.5, 0.6) is 0 Å². The van der Waals surface area contributed by atoms with Gasteiger partial charge in [0.15, 0.2) is 5.78 Å². The third-order valence-corrected chi connectivity index (χ3v) is 3.46. The Bertz CT molecular complexity index is 443. The van der Waals surface area contributed by atoms with Crippen LogP contribution in [0.4, 0.5) is 5.69 Å². The summed E-state index contributed by atoms with van der Waals surface area (Å²) in [6.07, 6.45) is 7.11. The van der Waals surface area contributed by atoms with Crippen molar-refractivity contribution in [3.63, 3.8) is 0 Å². The Balaban J connectivity index is 2.18. The molecule has 2 heteroatoms. The highest BCUT2D eigenvalue weighted by molar-refractivity contribution is 5.99. The normalized spacial score (nSPS) is 18.8. The van der Waals surface area contributed by atoms with E-state index in [4.69, 9.17) is 0 Å². The van der Waals surface area contributed by atoms with Gasteiger partial charge < -0.3 is 4.90 Å². The number of hydrogen-bond donors (Lipinski definition) is 0. The van der Waals surface area contributed by atoms with Crippen LogP contribution in [0.2, 0.25) is 0 Å². The quantitative estimate of drug-likeness (QED) is 0.583. The zero-order valence-electron chi connectivity index (χ0n) is 11.3. The third-order valence-electron chi connectivity index (χ3n) is 3.46. The standard InChI is InChI=1S/C16H21NO/c1-17(2)15-10-8-13(9-11-15)12-14-6-4-3-5-7-16(14)18/h8-12H,3-7H2,1-2H3/b14-12-. The topological polar surface area (TPSA) is 20.3 Å². The first-order valence-electron chi connectivity index (χ1n) is 6.68. The van der Waals surface area contributed by atoms with Gasteiger partial charge in [-0.1, -0.05) is 18.6 Å². The Labute approximate surface area is 109 Å². The van der Waals surface area contributed by atoms with Crippen LogP contribution in [0.25, 0.3) is 6.08 Å². The minimum absolute atomic E-state index is 0.337. The van der Waals surface area contributed by atoms with Crippen molar-refractivity contribution in [2.24, 2.45) is 0 Å². The van der Waals surface area contributed by atoms with Gasteiger partial charge >= 0.3 is 0 Å². The maximum Gasteiger partial charge on any atom is 0.158 e. The molecule has 0 N–H and O–H groups in total. The first-order chi connectivity index (χ1) is 8.66. The van der Waals surface area contributed by atoms with E-state index in [1.54, 1.807) is 0 Å². The first kappa shape index (κ1) is 12.9. The van der Waals surface area contributed by atoms with Gasteiger partial charge in [0, 0.05) is 26.2 Å². The molecule has 1 aromatic rings. The smallest absolute Gasteiger partial charge is 0.158 e. The second-order valence-corrected chi connectivity index (χ2v) is 5.14. The Morgan fingerprint density at radius 2 is 1.67 bits per heavy atom. The number of allylic oxidation sites excluding steroid dienone is 1. The lowest BCUT2D eigenvalue weighted by Gasteiger charge is -2.12. The number of carbonyl (C=O) groups excluding carboxylic acids is 1. The van der Waals surface area contributed by atoms with Crippen LogP contribution in [0.1, 0.15) is 37.7 Å². The maximum absolute atomic E-state index is 11.9. The molecule has 1 fully saturated rings. The lowest BCUT2D eigenvalue weighted by molar-refractivity contribution is -0.115. The summed E-state index contributed by atoms with van der Waals surface area (Å²) in [5.74, 6) is 0.337. The van der Waals surface area contributed by atoms with Crippen molar-refractivity contribution in [3.8, 4) is 0 Å². The zero-order valence-corrected chi connectivity index (χ0v) is 11.3. The van der Waals surface area contributed by atoms with E-state index in [0.29, 0.717) is 5.78 Å². The number of anilines is 1. The molecule has 0 atom stereocenters. The summed E-state index contributed by atoms with van der Waals surface area (Å²) >= 11 is 0. The number of Topliss-reactive ketones (excluding diaryl/α,β-unsaturated/α-hetero) is 1. The van der Waals surface area contributed by atoms with Crippen LogP contribution in [-0.4, -0.2) is 19.9 Å². The second-order valence-electron chi connectivity index (χ2n) is 5.14. The first-order valence-corrected chi connectivity index (χ1v) is 6.68. The van der Waals surface area contributed by atoms with Crippen molar-refractivity contribution in [1.29, 1.82) is 0 Å². The molecule has 0 spiro atoms. The fraction of sp³-hybridized carbons (Fsp3) is 0.438. The minimum atomic E-state index is 0.337. The van der Waals surface area contributed by atoms with Crippen LogP contribution in [0.3, 0.4) is 0 Å². The maximum atomic E-state index is 11.9. The lowest BCUT2D eigenvalue weighted by Crippen LogP contribution is -2.08. The summed E-state index contributed by atoms with van der Waals surface area (Å²) in [4.78, 5) is 14.0. The van der Waals surface area contributed by atoms with E-state index >= 15 is 0 Å². The molecule has 0 heterocycles. The molecule has 0 aliphatic heterocycles. The van der Waals surface area contributed by atoms with Crippen molar-refractivity contribution in [3.05, 3.63) is 35.4 Å². The fourth-order valence-electron chi connectivity index (χ4n) is 2.30. The van der Waals surface area contributed by atoms with Gasteiger partial charge in [-0.3, -0.25) is 4.79 Å². The average molecular weight is 243 g/mol. The van der Waals surface area contributed by atoms with Crippen LogP contribution in [0, 0.1) is 0 Å². The van der Waals surface area contributed by atoms with Crippen LogP contribution < -0.4 is 4.90 Å². The molecule has 2 nitrogen and oxygen atoms in total. The zero-order chi connectivity index (χ0) is 13.0. The molecule has 18 heavy (non-hydrogen) atoms. The summed E-state index contributed by atoms with van der Waals surface area (Å²) in [7, 11) is 4.06. The van der Waals surface area contributed by atoms with E-state index in [0.717, 1.165) is 36.8 Å². The molecular weight excluding hydrogens is 222 g/mol. The number of carbonyl (C=O) groups is 1. The predicted octanol–water partition coefficient (Wildman–Crippen LogP) is 3.67. The molecular formula is C16H21NO. The van der Waals surface area contributed by atoms with E-state index in [1.165, 1.54) is 12.1 Å². The van der Waals surface area contributed by atoms with Gasteiger partial charge in [-0.15, -0.1) is 0 Å². The van der Waals surface area contributed by atoms with Crippen molar-refractivity contribution < 1.29 is 4.79 Å². The van der Waals surface area contributed by atoms with E-state index in [1.807, 2.05) is 14.1 Å². The summed E-state index contributed by atoms with van der Waals surface area (Å²) < 4.78 is 0. The van der Waals surface area contributed by atoms with Gasteiger partial charge in [0.25, 0.3) is 0 Å². The third kappa shape index (κ3) is 3.22. The largest absolute Gasteiger partial charge is 0.378 e. The molecule has 0 aromatic heterocycles. The predicted molar refractivity (Wildman–Crippen MR) is 76.8 cm³/mol. The van der Waals surface area contributed by atoms with E-state index in [9.17, 15) is 4.79 Å². The van der Waals surface area contributed by atoms with Crippen LogP contribution >= 0.6 is 0 Å². The van der Waals surface area contributed by atoms with Crippen LogP contribution in [0.15, 0.2) is 29.8 Å². The number of nitrogens with zero attached hydrogens (tertiary/aromatic N) is 1. The molecule has 0 radical (unpaired) electrons. The number of ketones is 1. The van der Waals surface area contributed by atoms with E-state index in [-0.39, 0.29) is 0 Å². The van der Waals surface area contributed by atoms with Crippen molar-refractivity contribution >= 4 is 17.5 Å². The van der Waals surface area contributed by atoms with Crippen molar-refractivity contribution in [2.75, 3.05) is 19.0 Å². The molecule has 1 aliphatic rings. The molecule has 1 aromatic carbocycles.